The van der Waals surface area contributed by atoms with Crippen LogP contribution in [0.3, 0.4) is 0 Å². The van der Waals surface area contributed by atoms with Crippen LogP contribution >= 0.6 is 11.3 Å². The molecule has 3 heterocycles. The van der Waals surface area contributed by atoms with Crippen molar-refractivity contribution in [2.75, 3.05) is 32.7 Å². The van der Waals surface area contributed by atoms with Crippen molar-refractivity contribution in [1.29, 1.82) is 0 Å². The van der Waals surface area contributed by atoms with Gasteiger partial charge < -0.3 is 10.6 Å². The van der Waals surface area contributed by atoms with Crippen LogP contribution in [0.5, 0.6) is 0 Å². The zero-order chi connectivity index (χ0) is 13.1. The van der Waals surface area contributed by atoms with E-state index in [4.69, 9.17) is 0 Å². The third-order valence-corrected chi connectivity index (χ3v) is 5.05. The Labute approximate surface area is 118 Å². The number of carbonyl (C=O) groups is 1. The van der Waals surface area contributed by atoms with Crippen LogP contribution in [-0.4, -0.2) is 43.5 Å². The Morgan fingerprint density at radius 1 is 1.47 bits per heavy atom. The number of likely N-dealkylation sites (tertiary alicyclic amines) is 1. The molecule has 2 fully saturated rings. The number of nitrogens with zero attached hydrogens (tertiary/aromatic N) is 1. The summed E-state index contributed by atoms with van der Waals surface area (Å²) in [5, 5.41) is 8.40. The number of carbonyl (C=O) groups excluding carboxylic acids is 1. The summed E-state index contributed by atoms with van der Waals surface area (Å²) in [5.41, 5.74) is 0. The van der Waals surface area contributed by atoms with E-state index < -0.39 is 0 Å². The molecule has 0 bridgehead atoms. The highest BCUT2D eigenvalue weighted by molar-refractivity contribution is 7.10. The normalized spacial score (nSPS) is 22.1. The third kappa shape index (κ3) is 2.99. The van der Waals surface area contributed by atoms with E-state index in [-0.39, 0.29) is 11.8 Å². The predicted molar refractivity (Wildman–Crippen MR) is 77.2 cm³/mol. The van der Waals surface area contributed by atoms with Crippen LogP contribution in [0.1, 0.15) is 23.8 Å². The monoisotopic (exact) mass is 279 g/mol. The lowest BCUT2D eigenvalue weighted by Crippen LogP contribution is -2.51. The predicted octanol–water partition coefficient (Wildman–Crippen LogP) is 1.22. The highest BCUT2D eigenvalue weighted by Gasteiger charge is 2.28. The summed E-state index contributed by atoms with van der Waals surface area (Å²) in [6.07, 6.45) is 2.56. The van der Waals surface area contributed by atoms with Gasteiger partial charge in [-0.1, -0.05) is 6.07 Å². The van der Waals surface area contributed by atoms with Gasteiger partial charge in [0.05, 0.1) is 12.0 Å². The van der Waals surface area contributed by atoms with Crippen LogP contribution in [0.15, 0.2) is 17.5 Å². The zero-order valence-electron chi connectivity index (χ0n) is 11.1. The van der Waals surface area contributed by atoms with Gasteiger partial charge in [0.1, 0.15) is 0 Å². The Hall–Kier alpha value is -0.910. The Bertz CT molecular complexity index is 410. The maximum Gasteiger partial charge on any atom is 0.225 e. The molecule has 1 atom stereocenters. The molecule has 0 aromatic carbocycles. The standard InChI is InChI=1S/C14H21N3OS/c18-14(11-8-15-9-11)16-10-12(13-4-3-7-19-13)17-5-1-2-6-17/h3-4,7,11-12,15H,1-2,5-6,8-10H2,(H,16,18). The molecule has 0 saturated carbocycles. The lowest BCUT2D eigenvalue weighted by Gasteiger charge is -2.30. The Morgan fingerprint density at radius 3 is 2.84 bits per heavy atom. The minimum absolute atomic E-state index is 0.183. The van der Waals surface area contributed by atoms with Crippen molar-refractivity contribution in [2.24, 2.45) is 5.92 Å². The van der Waals surface area contributed by atoms with Crippen molar-refractivity contribution in [3.05, 3.63) is 22.4 Å². The van der Waals surface area contributed by atoms with Gasteiger partial charge in [0.15, 0.2) is 0 Å². The summed E-state index contributed by atoms with van der Waals surface area (Å²) in [6.45, 7) is 4.72. The van der Waals surface area contributed by atoms with E-state index in [1.807, 2.05) is 0 Å². The number of rotatable bonds is 5. The maximum absolute atomic E-state index is 11.9. The number of thiophene rings is 1. The molecular weight excluding hydrogens is 258 g/mol. The van der Waals surface area contributed by atoms with E-state index in [1.54, 1.807) is 11.3 Å². The first-order chi connectivity index (χ1) is 9.34. The van der Waals surface area contributed by atoms with Crippen LogP contribution < -0.4 is 10.6 Å². The summed E-state index contributed by atoms with van der Waals surface area (Å²) < 4.78 is 0. The number of nitrogens with one attached hydrogen (secondary N) is 2. The smallest absolute Gasteiger partial charge is 0.225 e. The summed E-state index contributed by atoms with van der Waals surface area (Å²) in [5.74, 6) is 0.391. The largest absolute Gasteiger partial charge is 0.354 e. The van der Waals surface area contributed by atoms with Crippen molar-refractivity contribution in [2.45, 2.75) is 18.9 Å². The molecule has 2 aliphatic heterocycles. The Balaban J connectivity index is 1.60. The van der Waals surface area contributed by atoms with Gasteiger partial charge in [-0.05, 0) is 37.4 Å². The third-order valence-electron chi connectivity index (χ3n) is 4.07. The molecular formula is C14H21N3OS. The molecule has 5 heteroatoms. The molecule has 0 aliphatic carbocycles. The van der Waals surface area contributed by atoms with Crippen LogP contribution in [0.25, 0.3) is 0 Å². The molecule has 1 aromatic rings. The second-order valence-corrected chi connectivity index (χ2v) is 6.35. The highest BCUT2D eigenvalue weighted by atomic mass is 32.1. The number of hydrogen-bond donors (Lipinski definition) is 2. The molecule has 104 valence electrons. The van der Waals surface area contributed by atoms with E-state index in [2.05, 4.69) is 33.0 Å². The minimum Gasteiger partial charge on any atom is -0.354 e. The topological polar surface area (TPSA) is 44.4 Å². The first-order valence-electron chi connectivity index (χ1n) is 7.10. The number of amides is 1. The average molecular weight is 279 g/mol. The molecule has 0 spiro atoms. The lowest BCUT2D eigenvalue weighted by atomic mass is 10.0. The second-order valence-electron chi connectivity index (χ2n) is 5.37. The summed E-state index contributed by atoms with van der Waals surface area (Å²) >= 11 is 1.79. The average Bonchev–Trinajstić information content (AvgIpc) is 2.98. The second kappa shape index (κ2) is 6.03. The van der Waals surface area contributed by atoms with E-state index in [9.17, 15) is 4.79 Å². The summed E-state index contributed by atoms with van der Waals surface area (Å²) in [7, 11) is 0. The summed E-state index contributed by atoms with van der Waals surface area (Å²) in [4.78, 5) is 15.8. The van der Waals surface area contributed by atoms with Crippen molar-refractivity contribution < 1.29 is 4.79 Å². The van der Waals surface area contributed by atoms with Crippen molar-refractivity contribution in [3.63, 3.8) is 0 Å². The molecule has 1 aromatic heterocycles. The van der Waals surface area contributed by atoms with Gasteiger partial charge in [-0.15, -0.1) is 11.3 Å². The van der Waals surface area contributed by atoms with Gasteiger partial charge in [-0.25, -0.2) is 0 Å². The first-order valence-corrected chi connectivity index (χ1v) is 7.98. The van der Waals surface area contributed by atoms with Crippen LogP contribution in [0, 0.1) is 5.92 Å². The van der Waals surface area contributed by atoms with Gasteiger partial charge in [0.2, 0.25) is 5.91 Å². The van der Waals surface area contributed by atoms with E-state index >= 15 is 0 Å². The van der Waals surface area contributed by atoms with E-state index in [0.29, 0.717) is 6.04 Å². The molecule has 2 aliphatic rings. The van der Waals surface area contributed by atoms with Gasteiger partial charge in [-0.2, -0.15) is 0 Å². The maximum atomic E-state index is 11.9. The van der Waals surface area contributed by atoms with E-state index in [0.717, 1.165) is 32.7 Å². The first kappa shape index (κ1) is 13.1. The molecule has 2 N–H and O–H groups in total. The van der Waals surface area contributed by atoms with Crippen LogP contribution in [-0.2, 0) is 4.79 Å². The van der Waals surface area contributed by atoms with Crippen LogP contribution in [0.2, 0.25) is 0 Å². The zero-order valence-corrected chi connectivity index (χ0v) is 11.9. The molecule has 19 heavy (non-hydrogen) atoms. The lowest BCUT2D eigenvalue weighted by molar-refractivity contribution is -0.126. The Morgan fingerprint density at radius 2 is 2.26 bits per heavy atom. The molecule has 3 rings (SSSR count). The van der Waals surface area contributed by atoms with E-state index in [1.165, 1.54) is 17.7 Å². The van der Waals surface area contributed by atoms with Gasteiger partial charge in [0.25, 0.3) is 0 Å². The number of hydrogen-bond acceptors (Lipinski definition) is 4. The van der Waals surface area contributed by atoms with Crippen molar-refractivity contribution >= 4 is 17.2 Å². The summed E-state index contributed by atoms with van der Waals surface area (Å²) in [6, 6.07) is 4.64. The fraction of sp³-hybridized carbons (Fsp3) is 0.643. The van der Waals surface area contributed by atoms with Gasteiger partial charge in [0, 0.05) is 24.5 Å². The molecule has 0 radical (unpaired) electrons. The van der Waals surface area contributed by atoms with Crippen molar-refractivity contribution in [1.82, 2.24) is 15.5 Å². The highest BCUT2D eigenvalue weighted by Crippen LogP contribution is 2.27. The molecule has 4 nitrogen and oxygen atoms in total. The van der Waals surface area contributed by atoms with Gasteiger partial charge >= 0.3 is 0 Å². The molecule has 1 amide bonds. The molecule has 1 unspecified atom stereocenters. The van der Waals surface area contributed by atoms with Crippen LogP contribution in [0.4, 0.5) is 0 Å². The fourth-order valence-electron chi connectivity index (χ4n) is 2.76. The minimum atomic E-state index is 0.183. The van der Waals surface area contributed by atoms with Gasteiger partial charge in [-0.3, -0.25) is 9.69 Å². The molecule has 2 saturated heterocycles. The SMILES string of the molecule is O=C(NCC(c1cccs1)N1CCCC1)C1CNC1. The Kier molecular flexibility index (Phi) is 4.15. The fourth-order valence-corrected chi connectivity index (χ4v) is 3.62. The van der Waals surface area contributed by atoms with Crippen molar-refractivity contribution in [3.8, 4) is 0 Å². The quantitative estimate of drug-likeness (QED) is 0.852.